The van der Waals surface area contributed by atoms with Gasteiger partial charge in [-0.25, -0.2) is 9.97 Å². The molecule has 124 valence electrons. The molecule has 4 rings (SSSR count). The van der Waals surface area contributed by atoms with Gasteiger partial charge in [-0.1, -0.05) is 12.1 Å². The van der Waals surface area contributed by atoms with Gasteiger partial charge in [0.25, 0.3) is 0 Å². The average Bonchev–Trinajstić information content (AvgIpc) is 3.38. The van der Waals surface area contributed by atoms with Crippen LogP contribution >= 0.6 is 0 Å². The van der Waals surface area contributed by atoms with Crippen LogP contribution in [0.5, 0.6) is 0 Å². The van der Waals surface area contributed by atoms with Gasteiger partial charge in [-0.3, -0.25) is 4.79 Å². The van der Waals surface area contributed by atoms with E-state index < -0.39 is 0 Å². The highest BCUT2D eigenvalue weighted by molar-refractivity contribution is 5.98. The van der Waals surface area contributed by atoms with Crippen LogP contribution in [0.4, 0.5) is 11.6 Å². The van der Waals surface area contributed by atoms with Crippen LogP contribution in [0.25, 0.3) is 0 Å². The lowest BCUT2D eigenvalue weighted by molar-refractivity contribution is 0.0962. The van der Waals surface area contributed by atoms with E-state index in [4.69, 9.17) is 0 Å². The van der Waals surface area contributed by atoms with Crippen LogP contribution in [0.1, 0.15) is 46.8 Å². The number of fused-ring (bicyclic) bond motifs is 1. The van der Waals surface area contributed by atoms with Crippen molar-refractivity contribution in [2.75, 3.05) is 24.3 Å². The quantitative estimate of drug-likeness (QED) is 0.937. The maximum atomic E-state index is 12.5. The van der Waals surface area contributed by atoms with E-state index in [2.05, 4.69) is 44.5 Å². The fourth-order valence-electron chi connectivity index (χ4n) is 3.21. The van der Waals surface area contributed by atoms with Crippen molar-refractivity contribution in [2.24, 2.45) is 0 Å². The van der Waals surface area contributed by atoms with Gasteiger partial charge < -0.3 is 10.2 Å². The van der Waals surface area contributed by atoms with Gasteiger partial charge in [0.05, 0.1) is 11.3 Å². The smallest absolute Gasteiger partial charge is 0.223 e. The van der Waals surface area contributed by atoms with Crippen molar-refractivity contribution in [2.45, 2.75) is 37.6 Å². The second kappa shape index (κ2) is 5.89. The van der Waals surface area contributed by atoms with Crippen LogP contribution in [0.15, 0.2) is 30.5 Å². The number of hydrogen-bond acceptors (Lipinski definition) is 5. The van der Waals surface area contributed by atoms with E-state index in [0.717, 1.165) is 12.1 Å². The van der Waals surface area contributed by atoms with Gasteiger partial charge in [0, 0.05) is 38.4 Å². The molecule has 1 heterocycles. The Morgan fingerprint density at radius 3 is 2.54 bits per heavy atom. The molecule has 1 N–H and O–H groups in total. The average molecular weight is 322 g/mol. The number of hydrogen-bond donors (Lipinski definition) is 1. The van der Waals surface area contributed by atoms with E-state index in [9.17, 15) is 4.79 Å². The summed E-state index contributed by atoms with van der Waals surface area (Å²) in [6.07, 6.45) is 5.39. The highest BCUT2D eigenvalue weighted by Gasteiger charge is 2.29. The Morgan fingerprint density at radius 1 is 1.12 bits per heavy atom. The lowest BCUT2D eigenvalue weighted by Gasteiger charge is -2.24. The summed E-state index contributed by atoms with van der Waals surface area (Å²) in [6.45, 7) is 0. The van der Waals surface area contributed by atoms with Crippen molar-refractivity contribution in [3.05, 3.63) is 47.3 Å². The molecule has 0 bridgehead atoms. The monoisotopic (exact) mass is 322 g/mol. The van der Waals surface area contributed by atoms with Gasteiger partial charge >= 0.3 is 0 Å². The number of Topliss-reactive ketones (excluding diaryl/α,β-unsaturated/α-hetero) is 1. The molecule has 2 aliphatic carbocycles. The zero-order chi connectivity index (χ0) is 16.7. The Balaban J connectivity index is 1.58. The van der Waals surface area contributed by atoms with Crippen LogP contribution in [0.3, 0.4) is 0 Å². The lowest BCUT2D eigenvalue weighted by atomic mass is 9.82. The van der Waals surface area contributed by atoms with Gasteiger partial charge in [-0.05, 0) is 42.9 Å². The molecule has 5 nitrogen and oxygen atoms in total. The number of aromatic nitrogens is 2. The predicted molar refractivity (Wildman–Crippen MR) is 94.8 cm³/mol. The minimum absolute atomic E-state index is 0.149. The SMILES string of the molecule is CN(C)c1ccc([C@H]2CC(=O)c3cnc(NC4CC4)nc3C2)cc1. The normalized spacial score (nSPS) is 19.8. The largest absolute Gasteiger partial charge is 0.378 e. The van der Waals surface area contributed by atoms with Crippen molar-refractivity contribution < 1.29 is 4.79 Å². The molecule has 1 aromatic carbocycles. The fraction of sp³-hybridized carbons (Fsp3) is 0.421. The fourth-order valence-corrected chi connectivity index (χ4v) is 3.21. The van der Waals surface area contributed by atoms with Crippen molar-refractivity contribution in [1.82, 2.24) is 9.97 Å². The summed E-state index contributed by atoms with van der Waals surface area (Å²) < 4.78 is 0. The number of ketones is 1. The summed E-state index contributed by atoms with van der Waals surface area (Å²) in [6, 6.07) is 8.98. The van der Waals surface area contributed by atoms with Crippen LogP contribution < -0.4 is 10.2 Å². The number of carbonyl (C=O) groups is 1. The molecule has 5 heteroatoms. The van der Waals surface area contributed by atoms with E-state index in [1.807, 2.05) is 14.1 Å². The standard InChI is InChI=1S/C19H22N4O/c1-23(2)15-7-3-12(4-8-15)13-9-17-16(18(24)10-13)11-20-19(22-17)21-14-5-6-14/h3-4,7-8,11,13-14H,5-6,9-10H2,1-2H3,(H,20,21,22)/t13-/m1/s1. The highest BCUT2D eigenvalue weighted by atomic mass is 16.1. The third-order valence-corrected chi connectivity index (χ3v) is 4.83. The molecule has 0 amide bonds. The maximum absolute atomic E-state index is 12.5. The molecule has 1 aromatic heterocycles. The summed E-state index contributed by atoms with van der Waals surface area (Å²) in [4.78, 5) is 23.5. The van der Waals surface area contributed by atoms with Gasteiger partial charge in [-0.2, -0.15) is 0 Å². The molecule has 1 atom stereocenters. The third kappa shape index (κ3) is 2.98. The molecular weight excluding hydrogens is 300 g/mol. The number of carbonyl (C=O) groups excluding carboxylic acids is 1. The zero-order valence-electron chi connectivity index (χ0n) is 14.1. The topological polar surface area (TPSA) is 58.1 Å². The first kappa shape index (κ1) is 15.1. The first-order valence-electron chi connectivity index (χ1n) is 8.53. The molecule has 24 heavy (non-hydrogen) atoms. The molecule has 0 unspecified atom stereocenters. The van der Waals surface area contributed by atoms with Crippen molar-refractivity contribution >= 4 is 17.4 Å². The van der Waals surface area contributed by atoms with Crippen LogP contribution in [-0.4, -0.2) is 35.9 Å². The summed E-state index contributed by atoms with van der Waals surface area (Å²) >= 11 is 0. The Kier molecular flexibility index (Phi) is 3.71. The number of benzene rings is 1. The second-order valence-electron chi connectivity index (χ2n) is 6.99. The molecule has 0 spiro atoms. The Hall–Kier alpha value is -2.43. The summed E-state index contributed by atoms with van der Waals surface area (Å²) in [5.74, 6) is 1.01. The minimum atomic E-state index is 0.149. The Bertz CT molecular complexity index is 765. The third-order valence-electron chi connectivity index (χ3n) is 4.83. The van der Waals surface area contributed by atoms with Crippen molar-refractivity contribution in [3.63, 3.8) is 0 Å². The molecule has 2 aromatic rings. The Morgan fingerprint density at radius 2 is 1.88 bits per heavy atom. The van der Waals surface area contributed by atoms with Crippen molar-refractivity contribution in [1.29, 1.82) is 0 Å². The Labute approximate surface area is 142 Å². The molecule has 0 aliphatic heterocycles. The molecule has 1 saturated carbocycles. The lowest BCUT2D eigenvalue weighted by Crippen LogP contribution is -2.21. The van der Waals surface area contributed by atoms with Gasteiger partial charge in [0.2, 0.25) is 5.95 Å². The molecule has 0 radical (unpaired) electrons. The maximum Gasteiger partial charge on any atom is 0.223 e. The van der Waals surface area contributed by atoms with Gasteiger partial charge in [0.15, 0.2) is 5.78 Å². The predicted octanol–water partition coefficient (Wildman–Crippen LogP) is 3.03. The summed E-state index contributed by atoms with van der Waals surface area (Å²) in [5.41, 5.74) is 3.94. The van der Waals surface area contributed by atoms with E-state index >= 15 is 0 Å². The van der Waals surface area contributed by atoms with E-state index in [1.54, 1.807) is 6.20 Å². The van der Waals surface area contributed by atoms with E-state index in [0.29, 0.717) is 24.0 Å². The molecule has 0 saturated heterocycles. The first-order valence-corrected chi connectivity index (χ1v) is 8.53. The first-order chi connectivity index (χ1) is 11.6. The van der Waals surface area contributed by atoms with E-state index in [-0.39, 0.29) is 11.7 Å². The van der Waals surface area contributed by atoms with Crippen LogP contribution in [0.2, 0.25) is 0 Å². The van der Waals surface area contributed by atoms with E-state index in [1.165, 1.54) is 24.1 Å². The summed E-state index contributed by atoms with van der Waals surface area (Å²) in [5, 5.41) is 3.32. The number of nitrogens with zero attached hydrogens (tertiary/aromatic N) is 3. The van der Waals surface area contributed by atoms with Crippen LogP contribution in [-0.2, 0) is 6.42 Å². The van der Waals surface area contributed by atoms with Crippen LogP contribution in [0, 0.1) is 0 Å². The number of anilines is 2. The molecule has 1 fully saturated rings. The zero-order valence-corrected chi connectivity index (χ0v) is 14.1. The minimum Gasteiger partial charge on any atom is -0.378 e. The van der Waals surface area contributed by atoms with Gasteiger partial charge in [0.1, 0.15) is 0 Å². The summed E-state index contributed by atoms with van der Waals surface area (Å²) in [7, 11) is 4.06. The second-order valence-corrected chi connectivity index (χ2v) is 6.99. The number of nitrogens with one attached hydrogen (secondary N) is 1. The molecule has 2 aliphatic rings. The van der Waals surface area contributed by atoms with Gasteiger partial charge in [-0.15, -0.1) is 0 Å². The molecular formula is C19H22N4O. The highest BCUT2D eigenvalue weighted by Crippen LogP contribution is 2.33. The van der Waals surface area contributed by atoms with Crippen molar-refractivity contribution in [3.8, 4) is 0 Å². The number of rotatable bonds is 4.